The van der Waals surface area contributed by atoms with Gasteiger partial charge < -0.3 is 4.57 Å². The molecule has 0 aliphatic rings. The number of rotatable bonds is 2. The van der Waals surface area contributed by atoms with Crippen LogP contribution in [-0.2, 0) is 7.05 Å². The van der Waals surface area contributed by atoms with Gasteiger partial charge >= 0.3 is 0 Å². The van der Waals surface area contributed by atoms with Crippen molar-refractivity contribution in [3.63, 3.8) is 0 Å². The van der Waals surface area contributed by atoms with Gasteiger partial charge in [0.25, 0.3) is 5.69 Å². The summed E-state index contributed by atoms with van der Waals surface area (Å²) in [7, 11) is 1.71. The molecule has 0 N–H and O–H groups in total. The molecule has 1 heterocycles. The monoisotopic (exact) mass is 219 g/mol. The van der Waals surface area contributed by atoms with Crippen molar-refractivity contribution in [2.24, 2.45) is 7.05 Å². The summed E-state index contributed by atoms with van der Waals surface area (Å²) in [6.45, 7) is 1.41. The molecule has 0 atom stereocenters. The number of Topliss-reactive ketones (excluding diaryl/α,β-unsaturated/α-hetero) is 1. The number of non-ortho nitro benzene ring substituents is 1. The van der Waals surface area contributed by atoms with E-state index in [2.05, 4.69) is 4.98 Å². The van der Waals surface area contributed by atoms with E-state index in [9.17, 15) is 14.9 Å². The number of nitrogens with zero attached hydrogens (tertiary/aromatic N) is 3. The number of hydrogen-bond donors (Lipinski definition) is 0. The van der Waals surface area contributed by atoms with Gasteiger partial charge in [0.05, 0.1) is 16.0 Å². The zero-order chi connectivity index (χ0) is 11.9. The number of benzene rings is 1. The van der Waals surface area contributed by atoms with Gasteiger partial charge in [0.15, 0.2) is 11.6 Å². The molecule has 0 saturated carbocycles. The third-order valence-electron chi connectivity index (χ3n) is 2.39. The highest BCUT2D eigenvalue weighted by atomic mass is 16.6. The van der Waals surface area contributed by atoms with Crippen molar-refractivity contribution in [3.05, 3.63) is 34.1 Å². The van der Waals surface area contributed by atoms with Crippen LogP contribution in [0.2, 0.25) is 0 Å². The van der Waals surface area contributed by atoms with Crippen LogP contribution in [-0.4, -0.2) is 20.3 Å². The molecule has 0 radical (unpaired) electrons. The minimum absolute atomic E-state index is 0.0271. The minimum Gasteiger partial charge on any atom is -0.325 e. The molecule has 2 rings (SSSR count). The second kappa shape index (κ2) is 3.41. The fourth-order valence-electron chi connectivity index (χ4n) is 1.62. The van der Waals surface area contributed by atoms with E-state index in [4.69, 9.17) is 0 Å². The number of carbonyl (C=O) groups is 1. The molecule has 0 aliphatic heterocycles. The Labute approximate surface area is 90.7 Å². The Hall–Kier alpha value is -2.24. The highest BCUT2D eigenvalue weighted by Crippen LogP contribution is 2.21. The zero-order valence-corrected chi connectivity index (χ0v) is 8.80. The molecule has 6 nitrogen and oxygen atoms in total. The van der Waals surface area contributed by atoms with E-state index >= 15 is 0 Å². The number of hydrogen-bond acceptors (Lipinski definition) is 4. The largest absolute Gasteiger partial charge is 0.325 e. The van der Waals surface area contributed by atoms with Crippen molar-refractivity contribution < 1.29 is 9.72 Å². The van der Waals surface area contributed by atoms with E-state index in [1.807, 2.05) is 0 Å². The van der Waals surface area contributed by atoms with Crippen LogP contribution >= 0.6 is 0 Å². The van der Waals surface area contributed by atoms with Crippen LogP contribution in [0.5, 0.6) is 0 Å². The quantitative estimate of drug-likeness (QED) is 0.437. The number of nitro groups is 1. The number of aromatic nitrogens is 2. The predicted molar refractivity (Wildman–Crippen MR) is 57.4 cm³/mol. The van der Waals surface area contributed by atoms with E-state index in [0.717, 1.165) is 0 Å². The molecule has 16 heavy (non-hydrogen) atoms. The van der Waals surface area contributed by atoms with Gasteiger partial charge in [-0.25, -0.2) is 4.98 Å². The van der Waals surface area contributed by atoms with Gasteiger partial charge in [-0.2, -0.15) is 0 Å². The lowest BCUT2D eigenvalue weighted by Gasteiger charge is -1.96. The summed E-state index contributed by atoms with van der Waals surface area (Å²) in [5.74, 6) is 0.136. The molecule has 2 aromatic rings. The SMILES string of the molecule is CC(=O)c1nc2cc([N+](=O)[O-])ccc2n1C. The van der Waals surface area contributed by atoms with E-state index in [1.54, 1.807) is 17.7 Å². The van der Waals surface area contributed by atoms with Crippen LogP contribution in [0.25, 0.3) is 11.0 Å². The average molecular weight is 219 g/mol. The van der Waals surface area contributed by atoms with Gasteiger partial charge in [0, 0.05) is 26.1 Å². The molecule has 6 heteroatoms. The van der Waals surface area contributed by atoms with E-state index in [-0.39, 0.29) is 11.5 Å². The molecule has 0 spiro atoms. The van der Waals surface area contributed by atoms with Gasteiger partial charge in [-0.1, -0.05) is 0 Å². The average Bonchev–Trinajstić information content (AvgIpc) is 2.55. The lowest BCUT2D eigenvalue weighted by molar-refractivity contribution is -0.384. The first-order valence-electron chi connectivity index (χ1n) is 4.62. The topological polar surface area (TPSA) is 78.0 Å². The van der Waals surface area contributed by atoms with Crippen LogP contribution < -0.4 is 0 Å². The lowest BCUT2D eigenvalue weighted by atomic mass is 10.3. The molecule has 0 unspecified atom stereocenters. The van der Waals surface area contributed by atoms with Crippen molar-refractivity contribution >= 4 is 22.5 Å². The minimum atomic E-state index is -0.485. The van der Waals surface area contributed by atoms with E-state index in [0.29, 0.717) is 16.9 Å². The predicted octanol–water partition coefficient (Wildman–Crippen LogP) is 1.68. The molecule has 0 aliphatic carbocycles. The van der Waals surface area contributed by atoms with Crippen LogP contribution in [0, 0.1) is 10.1 Å². The Balaban J connectivity index is 2.72. The standard InChI is InChI=1S/C10H9N3O3/c1-6(14)10-11-8-5-7(13(15)16)3-4-9(8)12(10)2/h3-5H,1-2H3. The summed E-state index contributed by atoms with van der Waals surface area (Å²) in [5.41, 5.74) is 1.14. The third kappa shape index (κ3) is 1.44. The summed E-state index contributed by atoms with van der Waals surface area (Å²) in [6.07, 6.45) is 0. The number of nitro benzene ring substituents is 1. The highest BCUT2D eigenvalue weighted by Gasteiger charge is 2.14. The normalized spacial score (nSPS) is 10.6. The van der Waals surface area contributed by atoms with Gasteiger partial charge in [-0.05, 0) is 6.07 Å². The van der Waals surface area contributed by atoms with Crippen molar-refractivity contribution in [1.82, 2.24) is 9.55 Å². The Morgan fingerprint density at radius 3 is 2.75 bits per heavy atom. The number of imidazole rings is 1. The fourth-order valence-corrected chi connectivity index (χ4v) is 1.62. The van der Waals surface area contributed by atoms with Crippen LogP contribution in [0.1, 0.15) is 17.5 Å². The second-order valence-corrected chi connectivity index (χ2v) is 3.48. The van der Waals surface area contributed by atoms with Gasteiger partial charge in [0.2, 0.25) is 0 Å². The lowest BCUT2D eigenvalue weighted by Crippen LogP contribution is -2.02. The molecular weight excluding hydrogens is 210 g/mol. The van der Waals surface area contributed by atoms with E-state index in [1.165, 1.54) is 19.1 Å². The number of carbonyl (C=O) groups excluding carboxylic acids is 1. The molecule has 1 aromatic heterocycles. The van der Waals surface area contributed by atoms with Crippen molar-refractivity contribution in [1.29, 1.82) is 0 Å². The molecule has 0 fully saturated rings. The van der Waals surface area contributed by atoms with Gasteiger partial charge in [-0.15, -0.1) is 0 Å². The van der Waals surface area contributed by atoms with Crippen LogP contribution in [0.3, 0.4) is 0 Å². The van der Waals surface area contributed by atoms with Gasteiger partial charge in [-0.3, -0.25) is 14.9 Å². The molecular formula is C10H9N3O3. The van der Waals surface area contributed by atoms with Crippen molar-refractivity contribution in [2.75, 3.05) is 0 Å². The zero-order valence-electron chi connectivity index (χ0n) is 8.80. The molecule has 0 bridgehead atoms. The van der Waals surface area contributed by atoms with Crippen molar-refractivity contribution in [3.8, 4) is 0 Å². The number of aryl methyl sites for hydroxylation is 1. The molecule has 0 amide bonds. The fraction of sp³-hybridized carbons (Fsp3) is 0.200. The molecule has 0 saturated heterocycles. The Morgan fingerprint density at radius 2 is 2.19 bits per heavy atom. The Bertz CT molecular complexity index is 601. The first-order chi connectivity index (χ1) is 7.50. The Morgan fingerprint density at radius 1 is 1.50 bits per heavy atom. The smallest absolute Gasteiger partial charge is 0.271 e. The van der Waals surface area contributed by atoms with Crippen LogP contribution in [0.4, 0.5) is 5.69 Å². The molecule has 1 aromatic carbocycles. The first kappa shape index (κ1) is 10.3. The number of fused-ring (bicyclic) bond motifs is 1. The third-order valence-corrected chi connectivity index (χ3v) is 2.39. The molecule has 82 valence electrons. The first-order valence-corrected chi connectivity index (χ1v) is 4.62. The second-order valence-electron chi connectivity index (χ2n) is 3.48. The summed E-state index contributed by atoms with van der Waals surface area (Å²) in [6, 6.07) is 4.35. The van der Waals surface area contributed by atoms with Gasteiger partial charge in [0.1, 0.15) is 0 Å². The summed E-state index contributed by atoms with van der Waals surface area (Å²) < 4.78 is 1.63. The maximum absolute atomic E-state index is 11.2. The summed E-state index contributed by atoms with van der Waals surface area (Å²) >= 11 is 0. The van der Waals surface area contributed by atoms with E-state index < -0.39 is 4.92 Å². The van der Waals surface area contributed by atoms with Crippen LogP contribution in [0.15, 0.2) is 18.2 Å². The van der Waals surface area contributed by atoms with Crippen molar-refractivity contribution in [2.45, 2.75) is 6.92 Å². The summed E-state index contributed by atoms with van der Waals surface area (Å²) in [4.78, 5) is 25.4. The maximum Gasteiger partial charge on any atom is 0.271 e. The highest BCUT2D eigenvalue weighted by molar-refractivity contribution is 5.95. The summed E-state index contributed by atoms with van der Waals surface area (Å²) in [5, 5.41) is 10.6. The Kier molecular flexibility index (Phi) is 2.19. The number of ketones is 1. The maximum atomic E-state index is 11.2.